The van der Waals surface area contributed by atoms with Crippen molar-refractivity contribution in [3.63, 3.8) is 0 Å². The molecule has 0 amide bonds. The van der Waals surface area contributed by atoms with Crippen LogP contribution in [0.3, 0.4) is 0 Å². The SMILES string of the molecule is CC=CCCS(=O)(=O)CCN. The van der Waals surface area contributed by atoms with E-state index in [9.17, 15) is 8.42 Å². The van der Waals surface area contributed by atoms with Gasteiger partial charge in [-0.05, 0) is 13.3 Å². The van der Waals surface area contributed by atoms with Crippen molar-refractivity contribution >= 4 is 9.84 Å². The number of allylic oxidation sites excluding steroid dienone is 2. The summed E-state index contributed by atoms with van der Waals surface area (Å²) in [4.78, 5) is 0. The third-order valence-electron chi connectivity index (χ3n) is 1.26. The molecule has 0 aromatic carbocycles. The summed E-state index contributed by atoms with van der Waals surface area (Å²) < 4.78 is 22.0. The lowest BCUT2D eigenvalue weighted by Crippen LogP contribution is -2.18. The second-order valence-electron chi connectivity index (χ2n) is 2.30. The summed E-state index contributed by atoms with van der Waals surface area (Å²) in [5.41, 5.74) is 5.12. The first-order valence-electron chi connectivity index (χ1n) is 3.64. The van der Waals surface area contributed by atoms with Gasteiger partial charge in [0.2, 0.25) is 0 Å². The number of hydrogen-bond donors (Lipinski definition) is 1. The lowest BCUT2D eigenvalue weighted by Gasteiger charge is -1.98. The molecular weight excluding hydrogens is 162 g/mol. The highest BCUT2D eigenvalue weighted by molar-refractivity contribution is 7.91. The van der Waals surface area contributed by atoms with Crippen LogP contribution in [0.15, 0.2) is 12.2 Å². The van der Waals surface area contributed by atoms with Gasteiger partial charge in [0.15, 0.2) is 9.84 Å². The summed E-state index contributed by atoms with van der Waals surface area (Å²) in [5, 5.41) is 0. The van der Waals surface area contributed by atoms with Gasteiger partial charge in [-0.1, -0.05) is 12.2 Å². The van der Waals surface area contributed by atoms with Crippen LogP contribution in [-0.2, 0) is 9.84 Å². The van der Waals surface area contributed by atoms with Crippen molar-refractivity contribution in [2.45, 2.75) is 13.3 Å². The summed E-state index contributed by atoms with van der Waals surface area (Å²) in [5.74, 6) is 0.319. The van der Waals surface area contributed by atoms with Gasteiger partial charge in [-0.2, -0.15) is 0 Å². The molecule has 0 aliphatic heterocycles. The van der Waals surface area contributed by atoms with Crippen LogP contribution < -0.4 is 5.73 Å². The molecule has 0 bridgehead atoms. The molecule has 0 saturated heterocycles. The van der Waals surface area contributed by atoms with Crippen LogP contribution in [0.5, 0.6) is 0 Å². The molecule has 0 heterocycles. The van der Waals surface area contributed by atoms with E-state index in [0.717, 1.165) is 0 Å². The summed E-state index contributed by atoms with van der Waals surface area (Å²) in [7, 11) is -2.88. The second-order valence-corrected chi connectivity index (χ2v) is 4.60. The third kappa shape index (κ3) is 6.06. The van der Waals surface area contributed by atoms with Crippen molar-refractivity contribution < 1.29 is 8.42 Å². The van der Waals surface area contributed by atoms with E-state index < -0.39 is 9.84 Å². The predicted octanol–water partition coefficient (Wildman–Crippen LogP) is 0.326. The topological polar surface area (TPSA) is 60.2 Å². The summed E-state index contributed by atoms with van der Waals surface area (Å²) in [6, 6.07) is 0. The van der Waals surface area contributed by atoms with Crippen LogP contribution in [0, 0.1) is 0 Å². The van der Waals surface area contributed by atoms with Crippen LogP contribution in [0.1, 0.15) is 13.3 Å². The standard InChI is InChI=1S/C7H15NO2S/c1-2-3-4-6-11(9,10)7-5-8/h2-3H,4-8H2,1H3. The highest BCUT2D eigenvalue weighted by atomic mass is 32.2. The maximum atomic E-state index is 11.0. The van der Waals surface area contributed by atoms with Crippen molar-refractivity contribution in [3.05, 3.63) is 12.2 Å². The van der Waals surface area contributed by atoms with Crippen molar-refractivity contribution in [1.82, 2.24) is 0 Å². The quantitative estimate of drug-likeness (QED) is 0.615. The molecule has 2 N–H and O–H groups in total. The molecule has 11 heavy (non-hydrogen) atoms. The Morgan fingerprint density at radius 3 is 2.45 bits per heavy atom. The van der Waals surface area contributed by atoms with Crippen molar-refractivity contribution in [1.29, 1.82) is 0 Å². The summed E-state index contributed by atoms with van der Waals surface area (Å²) in [6.45, 7) is 2.09. The molecule has 0 aliphatic carbocycles. The number of nitrogens with two attached hydrogens (primary N) is 1. The van der Waals surface area contributed by atoms with E-state index in [1.165, 1.54) is 0 Å². The fraction of sp³-hybridized carbons (Fsp3) is 0.714. The Balaban J connectivity index is 3.74. The highest BCUT2D eigenvalue weighted by Gasteiger charge is 2.06. The summed E-state index contributed by atoms with van der Waals surface area (Å²) >= 11 is 0. The van der Waals surface area contributed by atoms with Gasteiger partial charge in [0.05, 0.1) is 11.5 Å². The Bertz CT molecular complexity index is 206. The van der Waals surface area contributed by atoms with Gasteiger partial charge in [0.1, 0.15) is 0 Å². The maximum Gasteiger partial charge on any atom is 0.151 e. The molecule has 4 heteroatoms. The minimum atomic E-state index is -2.88. The van der Waals surface area contributed by atoms with Gasteiger partial charge in [-0.25, -0.2) is 8.42 Å². The van der Waals surface area contributed by atoms with E-state index in [4.69, 9.17) is 5.73 Å². The fourth-order valence-corrected chi connectivity index (χ4v) is 1.75. The number of sulfone groups is 1. The number of hydrogen-bond acceptors (Lipinski definition) is 3. The predicted molar refractivity (Wildman–Crippen MR) is 47.1 cm³/mol. The van der Waals surface area contributed by atoms with Gasteiger partial charge < -0.3 is 5.73 Å². The lowest BCUT2D eigenvalue weighted by atomic mass is 10.4. The van der Waals surface area contributed by atoms with E-state index in [1.807, 2.05) is 19.1 Å². The maximum absolute atomic E-state index is 11.0. The second kappa shape index (κ2) is 5.32. The Morgan fingerprint density at radius 2 is 2.00 bits per heavy atom. The summed E-state index contributed by atoms with van der Waals surface area (Å²) in [6.07, 6.45) is 4.28. The van der Waals surface area contributed by atoms with Crippen LogP contribution in [-0.4, -0.2) is 26.5 Å². The van der Waals surface area contributed by atoms with Crippen LogP contribution in [0.25, 0.3) is 0 Å². The molecule has 0 aromatic heterocycles. The van der Waals surface area contributed by atoms with Crippen molar-refractivity contribution in [2.24, 2.45) is 5.73 Å². The highest BCUT2D eigenvalue weighted by Crippen LogP contribution is 1.93. The average Bonchev–Trinajstić information content (AvgIpc) is 1.87. The first-order valence-corrected chi connectivity index (χ1v) is 5.46. The molecular formula is C7H15NO2S. The van der Waals surface area contributed by atoms with Crippen LogP contribution >= 0.6 is 0 Å². The van der Waals surface area contributed by atoms with Crippen molar-refractivity contribution in [2.75, 3.05) is 18.1 Å². The zero-order valence-corrected chi connectivity index (χ0v) is 7.60. The van der Waals surface area contributed by atoms with E-state index in [-0.39, 0.29) is 18.1 Å². The molecule has 0 aliphatic rings. The Morgan fingerprint density at radius 1 is 1.36 bits per heavy atom. The molecule has 0 saturated carbocycles. The van der Waals surface area contributed by atoms with E-state index in [1.54, 1.807) is 0 Å². The lowest BCUT2D eigenvalue weighted by molar-refractivity contribution is 0.595. The zero-order valence-electron chi connectivity index (χ0n) is 6.79. The first-order chi connectivity index (χ1) is 5.12. The van der Waals surface area contributed by atoms with Gasteiger partial charge in [0.25, 0.3) is 0 Å². The van der Waals surface area contributed by atoms with Crippen LogP contribution in [0.2, 0.25) is 0 Å². The molecule has 0 aromatic rings. The minimum Gasteiger partial charge on any atom is -0.329 e. The molecule has 3 nitrogen and oxygen atoms in total. The number of rotatable bonds is 5. The minimum absolute atomic E-state index is 0.102. The van der Waals surface area contributed by atoms with Crippen molar-refractivity contribution in [3.8, 4) is 0 Å². The van der Waals surface area contributed by atoms with Gasteiger partial charge in [-0.15, -0.1) is 0 Å². The molecule has 0 unspecified atom stereocenters. The van der Waals surface area contributed by atoms with E-state index in [2.05, 4.69) is 0 Å². The molecule has 0 radical (unpaired) electrons. The average molecular weight is 177 g/mol. The molecule has 0 rings (SSSR count). The van der Waals surface area contributed by atoms with Gasteiger partial charge in [0, 0.05) is 6.54 Å². The Hall–Kier alpha value is -0.350. The fourth-order valence-electron chi connectivity index (χ4n) is 0.696. The van der Waals surface area contributed by atoms with Gasteiger partial charge >= 0.3 is 0 Å². The molecule has 0 atom stereocenters. The van der Waals surface area contributed by atoms with Crippen LogP contribution in [0.4, 0.5) is 0 Å². The normalized spacial score (nSPS) is 12.5. The smallest absolute Gasteiger partial charge is 0.151 e. The zero-order chi connectivity index (χ0) is 8.74. The monoisotopic (exact) mass is 177 g/mol. The third-order valence-corrected chi connectivity index (χ3v) is 2.98. The van der Waals surface area contributed by atoms with E-state index >= 15 is 0 Å². The largest absolute Gasteiger partial charge is 0.329 e. The van der Waals surface area contributed by atoms with E-state index in [0.29, 0.717) is 6.42 Å². The molecule has 0 fully saturated rings. The first kappa shape index (κ1) is 10.7. The van der Waals surface area contributed by atoms with Gasteiger partial charge in [-0.3, -0.25) is 0 Å². The Kier molecular flexibility index (Phi) is 5.15. The Labute approximate surface area is 68.2 Å². The molecule has 0 spiro atoms. The molecule has 66 valence electrons.